The predicted octanol–water partition coefficient (Wildman–Crippen LogP) is 4.78. The molecule has 6 heteroatoms. The summed E-state index contributed by atoms with van der Waals surface area (Å²) in [6.45, 7) is 13.2. The van der Waals surface area contributed by atoms with Crippen molar-refractivity contribution in [2.75, 3.05) is 13.2 Å². The van der Waals surface area contributed by atoms with Gasteiger partial charge < -0.3 is 19.3 Å². The molecule has 0 heterocycles. The molecule has 1 atom stereocenters. The minimum atomic E-state index is -0.570. The molecule has 0 aliphatic carbocycles. The number of aromatic hydroxyl groups is 1. The summed E-state index contributed by atoms with van der Waals surface area (Å²) in [6, 6.07) is 11.7. The zero-order chi connectivity index (χ0) is 23.2. The first-order chi connectivity index (χ1) is 14.5. The van der Waals surface area contributed by atoms with Gasteiger partial charge in [-0.1, -0.05) is 33.4 Å². The Kier molecular flexibility index (Phi) is 8.00. The maximum absolute atomic E-state index is 12.8. The van der Waals surface area contributed by atoms with Crippen LogP contribution in [0.5, 0.6) is 11.5 Å². The highest BCUT2D eigenvalue weighted by Crippen LogP contribution is 2.29. The highest BCUT2D eigenvalue weighted by atomic mass is 16.7. The normalized spacial score (nSPS) is 12.2. The number of benzene rings is 2. The number of esters is 1. The number of phenolic OH excluding ortho intramolecular Hbond substituents is 1. The minimum absolute atomic E-state index is 0.0351. The van der Waals surface area contributed by atoms with Crippen molar-refractivity contribution in [3.8, 4) is 11.5 Å². The van der Waals surface area contributed by atoms with Gasteiger partial charge in [-0.15, -0.1) is 0 Å². The van der Waals surface area contributed by atoms with Crippen LogP contribution in [0.2, 0.25) is 0 Å². The van der Waals surface area contributed by atoms with Crippen LogP contribution in [-0.2, 0) is 19.7 Å². The Labute approximate surface area is 183 Å². The second-order valence-electron chi connectivity index (χ2n) is 8.31. The first-order valence-electron chi connectivity index (χ1n) is 10.1. The van der Waals surface area contributed by atoms with Crippen LogP contribution in [0.25, 0.3) is 0 Å². The van der Waals surface area contributed by atoms with E-state index in [4.69, 9.17) is 14.2 Å². The van der Waals surface area contributed by atoms with Crippen molar-refractivity contribution in [3.05, 3.63) is 71.3 Å². The predicted molar refractivity (Wildman–Crippen MR) is 118 cm³/mol. The number of hydrogen-bond acceptors (Lipinski definition) is 6. The van der Waals surface area contributed by atoms with Crippen LogP contribution < -0.4 is 4.74 Å². The molecule has 0 bridgehead atoms. The Morgan fingerprint density at radius 1 is 1.06 bits per heavy atom. The quantitative estimate of drug-likeness (QED) is 0.204. The molecule has 166 valence electrons. The molecular weight excluding hydrogens is 396 g/mol. The second kappa shape index (κ2) is 10.3. The van der Waals surface area contributed by atoms with Crippen LogP contribution in [0.1, 0.15) is 56.1 Å². The van der Waals surface area contributed by atoms with Crippen LogP contribution in [0.4, 0.5) is 0 Å². The van der Waals surface area contributed by atoms with Crippen molar-refractivity contribution in [1.29, 1.82) is 0 Å². The fraction of sp³-hybridized carbons (Fsp3) is 0.360. The van der Waals surface area contributed by atoms with E-state index in [2.05, 4.69) is 6.58 Å². The van der Waals surface area contributed by atoms with E-state index < -0.39 is 12.3 Å². The largest absolute Gasteiger partial charge is 0.507 e. The Hall–Kier alpha value is -3.12. The first-order valence-corrected chi connectivity index (χ1v) is 10.1. The molecule has 2 aromatic carbocycles. The van der Waals surface area contributed by atoms with Crippen molar-refractivity contribution >= 4 is 11.8 Å². The summed E-state index contributed by atoms with van der Waals surface area (Å²) >= 11 is 0. The van der Waals surface area contributed by atoms with Gasteiger partial charge in [-0.25, -0.2) is 4.79 Å². The topological polar surface area (TPSA) is 82.1 Å². The second-order valence-corrected chi connectivity index (χ2v) is 8.31. The SMILES string of the molecule is C=C(C)C(=O)OCCOC(C)Oc1ccc(C(=O)c2ccc(C(C)(C)C)cc2O)cc1. The van der Waals surface area contributed by atoms with Crippen molar-refractivity contribution < 1.29 is 28.9 Å². The molecule has 0 aliphatic heterocycles. The lowest BCUT2D eigenvalue weighted by Crippen LogP contribution is -2.20. The monoisotopic (exact) mass is 426 g/mol. The average molecular weight is 427 g/mol. The molecule has 0 saturated carbocycles. The van der Waals surface area contributed by atoms with Crippen LogP contribution >= 0.6 is 0 Å². The number of hydrogen-bond donors (Lipinski definition) is 1. The summed E-state index contributed by atoms with van der Waals surface area (Å²) in [5, 5.41) is 10.3. The van der Waals surface area contributed by atoms with Gasteiger partial charge in [-0.3, -0.25) is 4.79 Å². The summed E-state index contributed by atoms with van der Waals surface area (Å²) in [6.07, 6.45) is -0.570. The number of carbonyl (C=O) groups is 2. The van der Waals surface area contributed by atoms with Crippen LogP contribution in [0, 0.1) is 0 Å². The van der Waals surface area contributed by atoms with Gasteiger partial charge in [0.15, 0.2) is 12.1 Å². The Bertz CT molecular complexity index is 937. The van der Waals surface area contributed by atoms with Gasteiger partial charge in [0.25, 0.3) is 0 Å². The molecule has 1 unspecified atom stereocenters. The van der Waals surface area contributed by atoms with Gasteiger partial charge >= 0.3 is 5.97 Å². The van der Waals surface area contributed by atoms with Gasteiger partial charge in [0.05, 0.1) is 12.2 Å². The molecule has 2 aromatic rings. The standard InChI is InChI=1S/C25H30O6/c1-16(2)24(28)30-14-13-29-17(3)31-20-10-7-18(8-11-20)23(27)21-12-9-19(15-22(21)26)25(4,5)6/h7-12,15,17,26H,1,13-14H2,2-6H3. The number of ketones is 1. The number of ether oxygens (including phenoxy) is 3. The smallest absolute Gasteiger partial charge is 0.333 e. The lowest BCUT2D eigenvalue weighted by atomic mass is 9.86. The molecule has 31 heavy (non-hydrogen) atoms. The van der Waals surface area contributed by atoms with E-state index in [-0.39, 0.29) is 35.7 Å². The zero-order valence-electron chi connectivity index (χ0n) is 18.7. The van der Waals surface area contributed by atoms with E-state index in [1.54, 1.807) is 50.2 Å². The van der Waals surface area contributed by atoms with Crippen molar-refractivity contribution in [2.24, 2.45) is 0 Å². The third-order valence-corrected chi connectivity index (χ3v) is 4.54. The highest BCUT2D eigenvalue weighted by Gasteiger charge is 2.19. The molecule has 0 saturated heterocycles. The number of carbonyl (C=O) groups excluding carboxylic acids is 2. The maximum atomic E-state index is 12.8. The van der Waals surface area contributed by atoms with Crippen molar-refractivity contribution in [2.45, 2.75) is 46.3 Å². The third kappa shape index (κ3) is 6.96. The van der Waals surface area contributed by atoms with Gasteiger partial charge in [-0.05, 0) is 61.2 Å². The highest BCUT2D eigenvalue weighted by molar-refractivity contribution is 6.10. The molecule has 0 fully saturated rings. The molecule has 6 nitrogen and oxygen atoms in total. The summed E-state index contributed by atoms with van der Waals surface area (Å²) < 4.78 is 16.0. The molecule has 0 aromatic heterocycles. The van der Waals surface area contributed by atoms with E-state index >= 15 is 0 Å². The van der Waals surface area contributed by atoms with Gasteiger partial charge in [0.2, 0.25) is 0 Å². The van der Waals surface area contributed by atoms with Crippen molar-refractivity contribution in [3.63, 3.8) is 0 Å². The lowest BCUT2D eigenvalue weighted by Gasteiger charge is -2.19. The summed E-state index contributed by atoms with van der Waals surface area (Å²) in [7, 11) is 0. The third-order valence-electron chi connectivity index (χ3n) is 4.54. The Morgan fingerprint density at radius 2 is 1.71 bits per heavy atom. The zero-order valence-corrected chi connectivity index (χ0v) is 18.7. The Morgan fingerprint density at radius 3 is 2.26 bits per heavy atom. The molecule has 2 rings (SSSR count). The van der Waals surface area contributed by atoms with E-state index in [1.165, 1.54) is 0 Å². The first kappa shape index (κ1) is 24.2. The average Bonchev–Trinajstić information content (AvgIpc) is 2.70. The maximum Gasteiger partial charge on any atom is 0.333 e. The van der Waals surface area contributed by atoms with Crippen LogP contribution in [-0.4, -0.2) is 36.4 Å². The summed E-state index contributed by atoms with van der Waals surface area (Å²) in [5.74, 6) is -0.243. The van der Waals surface area contributed by atoms with Gasteiger partial charge in [0, 0.05) is 11.1 Å². The fourth-order valence-electron chi connectivity index (χ4n) is 2.73. The molecule has 0 spiro atoms. The fourth-order valence-corrected chi connectivity index (χ4v) is 2.73. The van der Waals surface area contributed by atoms with Gasteiger partial charge in [0.1, 0.15) is 18.1 Å². The number of rotatable bonds is 9. The molecular formula is C25H30O6. The molecule has 0 radical (unpaired) electrons. The molecule has 0 aliphatic rings. The summed E-state index contributed by atoms with van der Waals surface area (Å²) in [5.41, 5.74) is 1.85. The van der Waals surface area contributed by atoms with E-state index in [0.717, 1.165) is 5.56 Å². The van der Waals surface area contributed by atoms with E-state index in [0.29, 0.717) is 16.9 Å². The van der Waals surface area contributed by atoms with Crippen LogP contribution in [0.3, 0.4) is 0 Å². The Balaban J connectivity index is 1.93. The molecule has 1 N–H and O–H groups in total. The lowest BCUT2D eigenvalue weighted by molar-refractivity contribution is -0.143. The molecule has 0 amide bonds. The van der Waals surface area contributed by atoms with Crippen LogP contribution in [0.15, 0.2) is 54.6 Å². The number of phenols is 1. The van der Waals surface area contributed by atoms with E-state index in [1.807, 2.05) is 26.8 Å². The van der Waals surface area contributed by atoms with Crippen molar-refractivity contribution in [1.82, 2.24) is 0 Å². The minimum Gasteiger partial charge on any atom is -0.507 e. The van der Waals surface area contributed by atoms with E-state index in [9.17, 15) is 14.7 Å². The summed E-state index contributed by atoms with van der Waals surface area (Å²) in [4.78, 5) is 24.1. The van der Waals surface area contributed by atoms with Gasteiger partial charge in [-0.2, -0.15) is 0 Å².